The highest BCUT2D eigenvalue weighted by atomic mass is 32.1. The summed E-state index contributed by atoms with van der Waals surface area (Å²) in [5.41, 5.74) is 3.28. The minimum Gasteiger partial charge on any atom is -0.497 e. The summed E-state index contributed by atoms with van der Waals surface area (Å²) >= 11 is 1.44. The predicted molar refractivity (Wildman–Crippen MR) is 143 cm³/mol. The van der Waals surface area contributed by atoms with Gasteiger partial charge in [0.1, 0.15) is 5.75 Å². The highest BCUT2D eigenvalue weighted by Crippen LogP contribution is 2.43. The second-order valence-electron chi connectivity index (χ2n) is 8.74. The number of rotatable bonds is 6. The normalized spacial score (nSPS) is 17.6. The maximum absolute atomic E-state index is 14.4. The molecule has 0 N–H and O–H groups in total. The summed E-state index contributed by atoms with van der Waals surface area (Å²) < 4.78 is 5.32. The Labute approximate surface area is 214 Å². The summed E-state index contributed by atoms with van der Waals surface area (Å²) in [5.74, 6) is 0.169. The lowest BCUT2D eigenvalue weighted by molar-refractivity contribution is -0.127. The molecule has 5 rings (SSSR count). The first-order valence-electron chi connectivity index (χ1n) is 11.9. The van der Waals surface area contributed by atoms with Crippen LogP contribution in [-0.2, 0) is 9.59 Å². The number of nitrogens with zero attached hydrogens (tertiary/aromatic N) is 3. The molecule has 0 spiro atoms. The number of anilines is 3. The van der Waals surface area contributed by atoms with Crippen molar-refractivity contribution in [3.8, 4) is 5.75 Å². The average Bonchev–Trinajstić information content (AvgIpc) is 3.35. The van der Waals surface area contributed by atoms with Crippen molar-refractivity contribution in [3.63, 3.8) is 0 Å². The number of hydrogen-bond acceptors (Lipinski definition) is 5. The SMILES string of the molecule is COc1ccc(N2C(=O)CC[C@H](C(=O)N(c3ccccc3)c3nc(C)cs3)[C@@H]2c2ccccc2)cc1. The van der Waals surface area contributed by atoms with Gasteiger partial charge in [-0.05, 0) is 55.3 Å². The number of ether oxygens (including phenoxy) is 1. The molecule has 0 radical (unpaired) electrons. The van der Waals surface area contributed by atoms with Gasteiger partial charge in [0.25, 0.3) is 0 Å². The van der Waals surface area contributed by atoms with E-state index in [1.54, 1.807) is 16.9 Å². The molecule has 1 fully saturated rings. The number of amides is 2. The second-order valence-corrected chi connectivity index (χ2v) is 9.58. The number of benzene rings is 3. The van der Waals surface area contributed by atoms with E-state index in [-0.39, 0.29) is 18.2 Å². The number of piperidine rings is 1. The van der Waals surface area contributed by atoms with Crippen molar-refractivity contribution < 1.29 is 14.3 Å². The van der Waals surface area contributed by atoms with Gasteiger partial charge in [0, 0.05) is 17.5 Å². The van der Waals surface area contributed by atoms with Crippen molar-refractivity contribution in [2.24, 2.45) is 5.92 Å². The number of methoxy groups -OCH3 is 1. The van der Waals surface area contributed by atoms with E-state index in [9.17, 15) is 9.59 Å². The van der Waals surface area contributed by atoms with Gasteiger partial charge in [0.2, 0.25) is 11.8 Å². The van der Waals surface area contributed by atoms with Crippen molar-refractivity contribution in [3.05, 3.63) is 102 Å². The molecule has 2 heterocycles. The second kappa shape index (κ2) is 10.3. The lowest BCUT2D eigenvalue weighted by Gasteiger charge is -2.42. The molecule has 3 aromatic carbocycles. The Morgan fingerprint density at radius 1 is 1.00 bits per heavy atom. The molecule has 6 nitrogen and oxygen atoms in total. The molecule has 2 atom stereocenters. The van der Waals surface area contributed by atoms with Crippen LogP contribution in [-0.4, -0.2) is 23.9 Å². The minimum absolute atomic E-state index is 0.00516. The van der Waals surface area contributed by atoms with Crippen molar-refractivity contribution in [2.75, 3.05) is 16.9 Å². The Hall–Kier alpha value is -3.97. The third-order valence-electron chi connectivity index (χ3n) is 6.44. The first-order valence-corrected chi connectivity index (χ1v) is 12.8. The van der Waals surface area contributed by atoms with Crippen LogP contribution in [0, 0.1) is 12.8 Å². The first kappa shape index (κ1) is 23.8. The molecule has 36 heavy (non-hydrogen) atoms. The number of carbonyl (C=O) groups excluding carboxylic acids is 2. The molecular weight excluding hydrogens is 470 g/mol. The van der Waals surface area contributed by atoms with Crippen molar-refractivity contribution in [2.45, 2.75) is 25.8 Å². The number of para-hydroxylation sites is 1. The van der Waals surface area contributed by atoms with Crippen molar-refractivity contribution in [1.82, 2.24) is 4.98 Å². The van der Waals surface area contributed by atoms with Crippen molar-refractivity contribution in [1.29, 1.82) is 0 Å². The third kappa shape index (κ3) is 4.62. The molecule has 0 unspecified atom stereocenters. The van der Waals surface area contributed by atoms with Crippen LogP contribution in [0.15, 0.2) is 90.3 Å². The quantitative estimate of drug-likeness (QED) is 0.313. The van der Waals surface area contributed by atoms with E-state index >= 15 is 0 Å². The summed E-state index contributed by atoms with van der Waals surface area (Å²) in [6.07, 6.45) is 0.739. The van der Waals surface area contributed by atoms with Gasteiger partial charge in [-0.2, -0.15) is 0 Å². The fraction of sp³-hybridized carbons (Fsp3) is 0.207. The van der Waals surface area contributed by atoms with Crippen LogP contribution in [0.1, 0.15) is 30.1 Å². The zero-order chi connectivity index (χ0) is 25.1. The summed E-state index contributed by atoms with van der Waals surface area (Å²) in [6.45, 7) is 1.92. The molecular formula is C29H27N3O3S. The number of hydrogen-bond donors (Lipinski definition) is 0. The van der Waals surface area contributed by atoms with Gasteiger partial charge in [0.15, 0.2) is 5.13 Å². The highest BCUT2D eigenvalue weighted by molar-refractivity contribution is 7.14. The lowest BCUT2D eigenvalue weighted by atomic mass is 9.82. The van der Waals surface area contributed by atoms with Crippen LogP contribution in [0.2, 0.25) is 0 Å². The minimum atomic E-state index is -0.461. The Kier molecular flexibility index (Phi) is 6.82. The molecule has 1 aromatic heterocycles. The fourth-order valence-electron chi connectivity index (χ4n) is 4.75. The van der Waals surface area contributed by atoms with Crippen molar-refractivity contribution >= 4 is 39.7 Å². The molecule has 1 aliphatic rings. The van der Waals surface area contributed by atoms with E-state index in [2.05, 4.69) is 4.98 Å². The van der Waals surface area contributed by atoms with E-state index in [0.29, 0.717) is 17.3 Å². The maximum atomic E-state index is 14.4. The van der Waals surface area contributed by atoms with E-state index in [4.69, 9.17) is 4.74 Å². The lowest BCUT2D eigenvalue weighted by Crippen LogP contribution is -2.48. The number of aromatic nitrogens is 1. The standard InChI is InChI=1S/C29H27N3O3S/c1-20-19-36-29(30-20)32(22-11-7-4-8-12-22)28(34)25-17-18-26(33)31(23-13-15-24(35-2)16-14-23)27(25)21-9-5-3-6-10-21/h3-16,19,25,27H,17-18H2,1-2H3/t25-,27-/m0/s1. The molecule has 4 aromatic rings. The van der Waals surface area contributed by atoms with E-state index in [1.807, 2.05) is 97.2 Å². The Morgan fingerprint density at radius 3 is 2.28 bits per heavy atom. The number of aryl methyl sites for hydroxylation is 1. The molecule has 0 saturated carbocycles. The summed E-state index contributed by atoms with van der Waals surface area (Å²) in [6, 6.07) is 26.4. The van der Waals surface area contributed by atoms with Gasteiger partial charge in [-0.15, -0.1) is 11.3 Å². The van der Waals surface area contributed by atoms with Gasteiger partial charge in [0.05, 0.1) is 30.5 Å². The van der Waals surface area contributed by atoms with Crippen LogP contribution in [0.4, 0.5) is 16.5 Å². The molecule has 182 valence electrons. The largest absolute Gasteiger partial charge is 0.497 e. The highest BCUT2D eigenvalue weighted by Gasteiger charge is 2.43. The smallest absolute Gasteiger partial charge is 0.238 e. The van der Waals surface area contributed by atoms with E-state index < -0.39 is 12.0 Å². The van der Waals surface area contributed by atoms with Crippen LogP contribution in [0.25, 0.3) is 0 Å². The molecule has 1 aliphatic heterocycles. The van der Waals surface area contributed by atoms with Gasteiger partial charge in [-0.1, -0.05) is 48.5 Å². The summed E-state index contributed by atoms with van der Waals surface area (Å²) in [7, 11) is 1.61. The number of carbonyl (C=O) groups is 2. The van der Waals surface area contributed by atoms with E-state index in [1.165, 1.54) is 11.3 Å². The Morgan fingerprint density at radius 2 is 1.67 bits per heavy atom. The summed E-state index contributed by atoms with van der Waals surface area (Å²) in [5, 5.41) is 2.57. The zero-order valence-electron chi connectivity index (χ0n) is 20.2. The van der Waals surface area contributed by atoms with Crippen LogP contribution in [0.3, 0.4) is 0 Å². The predicted octanol–water partition coefficient (Wildman–Crippen LogP) is 6.31. The third-order valence-corrected chi connectivity index (χ3v) is 7.38. The Balaban J connectivity index is 1.61. The molecule has 0 bridgehead atoms. The number of thiazole rings is 1. The molecule has 7 heteroatoms. The fourth-order valence-corrected chi connectivity index (χ4v) is 5.58. The monoisotopic (exact) mass is 497 g/mol. The maximum Gasteiger partial charge on any atom is 0.238 e. The van der Waals surface area contributed by atoms with Crippen LogP contribution in [0.5, 0.6) is 5.75 Å². The summed E-state index contributed by atoms with van der Waals surface area (Å²) in [4.78, 5) is 35.9. The Bertz CT molecular complexity index is 1340. The van der Waals surface area contributed by atoms with Crippen LogP contribution < -0.4 is 14.5 Å². The molecule has 1 saturated heterocycles. The van der Waals surface area contributed by atoms with Gasteiger partial charge >= 0.3 is 0 Å². The van der Waals surface area contributed by atoms with E-state index in [0.717, 1.165) is 22.6 Å². The average molecular weight is 498 g/mol. The zero-order valence-corrected chi connectivity index (χ0v) is 21.0. The first-order chi connectivity index (χ1) is 17.6. The van der Waals surface area contributed by atoms with Crippen LogP contribution >= 0.6 is 11.3 Å². The van der Waals surface area contributed by atoms with Gasteiger partial charge in [-0.25, -0.2) is 4.98 Å². The topological polar surface area (TPSA) is 62.7 Å². The van der Waals surface area contributed by atoms with Gasteiger partial charge in [-0.3, -0.25) is 14.5 Å². The molecule has 0 aliphatic carbocycles. The van der Waals surface area contributed by atoms with Gasteiger partial charge < -0.3 is 9.64 Å². The molecule has 2 amide bonds.